The highest BCUT2D eigenvalue weighted by Crippen LogP contribution is 2.31. The Labute approximate surface area is 217 Å². The van der Waals surface area contributed by atoms with E-state index in [-0.39, 0.29) is 12.0 Å². The molecular weight excluding hydrogens is 507 g/mol. The van der Waals surface area contributed by atoms with Gasteiger partial charge < -0.3 is 9.64 Å². The maximum absolute atomic E-state index is 12.6. The van der Waals surface area contributed by atoms with Crippen molar-refractivity contribution in [3.8, 4) is 16.5 Å². The van der Waals surface area contributed by atoms with Crippen molar-refractivity contribution in [2.24, 2.45) is 10.9 Å². The maximum Gasteiger partial charge on any atom is 0.413 e. The zero-order chi connectivity index (χ0) is 26.5. The molecule has 3 heterocycles. The average Bonchev–Trinajstić information content (AvgIpc) is 3.26. The molecule has 0 amide bonds. The largest absolute Gasteiger partial charge is 0.467 e. The molecule has 0 saturated carbocycles. The molecule has 0 radical (unpaired) electrons. The number of fused-ring (bicyclic) bond motifs is 1. The third kappa shape index (κ3) is 7.42. The molecule has 36 heavy (non-hydrogen) atoms. The van der Waals surface area contributed by atoms with Gasteiger partial charge in [-0.15, -0.1) is 11.8 Å². The SMILES string of the molecule is CSc1ccc(-c2ccc3nc(O[C@@H](C)C(C)CCN(C)C(C)=N/C=C(\C)C(F)(F)F)sc3n2)cn1. The summed E-state index contributed by atoms with van der Waals surface area (Å²) < 4.78 is 44.0. The van der Waals surface area contributed by atoms with Crippen LogP contribution in [0.25, 0.3) is 21.6 Å². The van der Waals surface area contributed by atoms with Gasteiger partial charge in [-0.3, -0.25) is 0 Å². The minimum absolute atomic E-state index is 0.105. The molecule has 0 aliphatic carbocycles. The van der Waals surface area contributed by atoms with Crippen LogP contribution in [0.2, 0.25) is 0 Å². The Morgan fingerprint density at radius 1 is 1.19 bits per heavy atom. The highest BCUT2D eigenvalue weighted by Gasteiger charge is 2.29. The molecule has 0 N–H and O–H groups in total. The summed E-state index contributed by atoms with van der Waals surface area (Å²) in [6, 6.07) is 7.84. The third-order valence-corrected chi connectivity index (χ3v) is 7.45. The first-order valence-corrected chi connectivity index (χ1v) is 13.5. The summed E-state index contributed by atoms with van der Waals surface area (Å²) in [4.78, 5) is 20.3. The van der Waals surface area contributed by atoms with Crippen LogP contribution in [0.1, 0.15) is 34.1 Å². The number of amidine groups is 1. The quantitative estimate of drug-likeness (QED) is 0.165. The molecule has 0 aromatic carbocycles. The van der Waals surface area contributed by atoms with Crippen molar-refractivity contribution < 1.29 is 17.9 Å². The Hall–Kier alpha value is -2.66. The second kappa shape index (κ2) is 12.1. The molecule has 0 aliphatic heterocycles. The van der Waals surface area contributed by atoms with Crippen molar-refractivity contribution in [1.82, 2.24) is 19.9 Å². The maximum atomic E-state index is 12.6. The Kier molecular flexibility index (Phi) is 9.35. The van der Waals surface area contributed by atoms with E-state index in [1.165, 1.54) is 11.3 Å². The van der Waals surface area contributed by atoms with Crippen molar-refractivity contribution in [2.75, 3.05) is 19.8 Å². The normalized spacial score (nSPS) is 14.7. The minimum atomic E-state index is -4.36. The van der Waals surface area contributed by atoms with E-state index in [4.69, 9.17) is 9.72 Å². The fourth-order valence-corrected chi connectivity index (χ4v) is 4.33. The number of allylic oxidation sites excluding steroid dienone is 1. The van der Waals surface area contributed by atoms with Gasteiger partial charge in [0.2, 0.25) is 0 Å². The Morgan fingerprint density at radius 3 is 2.58 bits per heavy atom. The molecule has 0 fully saturated rings. The van der Waals surface area contributed by atoms with E-state index in [1.54, 1.807) is 18.7 Å². The number of pyridine rings is 2. The van der Waals surface area contributed by atoms with Crippen molar-refractivity contribution in [1.29, 1.82) is 0 Å². The fraction of sp³-hybridized carbons (Fsp3) is 0.440. The molecule has 0 aliphatic rings. The monoisotopic (exact) mass is 537 g/mol. The van der Waals surface area contributed by atoms with E-state index in [1.807, 2.05) is 55.6 Å². The van der Waals surface area contributed by atoms with Gasteiger partial charge in [0.25, 0.3) is 5.19 Å². The fourth-order valence-electron chi connectivity index (χ4n) is 3.09. The van der Waals surface area contributed by atoms with E-state index >= 15 is 0 Å². The van der Waals surface area contributed by atoms with E-state index < -0.39 is 11.7 Å². The zero-order valence-corrected chi connectivity index (χ0v) is 22.8. The highest BCUT2D eigenvalue weighted by atomic mass is 32.2. The van der Waals surface area contributed by atoms with Crippen molar-refractivity contribution >= 4 is 39.3 Å². The number of aromatic nitrogens is 3. The first-order chi connectivity index (χ1) is 17.0. The molecule has 3 aromatic rings. The second-order valence-corrected chi connectivity index (χ2v) is 10.4. The Morgan fingerprint density at radius 2 is 1.94 bits per heavy atom. The highest BCUT2D eigenvalue weighted by molar-refractivity contribution is 7.98. The van der Waals surface area contributed by atoms with E-state index in [9.17, 15) is 13.2 Å². The third-order valence-electron chi connectivity index (χ3n) is 5.93. The summed E-state index contributed by atoms with van der Waals surface area (Å²) >= 11 is 3.00. The number of ether oxygens (including phenoxy) is 1. The van der Waals surface area contributed by atoms with Crippen LogP contribution in [0.5, 0.6) is 5.19 Å². The van der Waals surface area contributed by atoms with Gasteiger partial charge in [-0.2, -0.15) is 13.2 Å². The molecule has 0 bridgehead atoms. The lowest BCUT2D eigenvalue weighted by Crippen LogP contribution is -2.29. The number of halogens is 3. The number of aliphatic imine (C=N–C) groups is 1. The van der Waals surface area contributed by atoms with Gasteiger partial charge in [-0.25, -0.2) is 19.9 Å². The number of hydrogen-bond donors (Lipinski definition) is 0. The van der Waals surface area contributed by atoms with Crippen molar-refractivity contribution in [3.05, 3.63) is 42.2 Å². The van der Waals surface area contributed by atoms with Crippen LogP contribution in [0, 0.1) is 5.92 Å². The number of alkyl halides is 3. The van der Waals surface area contributed by atoms with Crippen molar-refractivity contribution in [2.45, 2.75) is 51.4 Å². The standard InChI is InChI=1S/C25H30F3N5OS2/c1-15(11-12-33(5)18(4)29-13-16(2)25(26,27)28)17(3)34-24-32-21-9-8-20(31-23(21)36-24)19-7-10-22(35-6)30-14-19/h7-10,13-15,17H,11-12H2,1-6H3/b16-13+,29-18?/t15?,17-/m0/s1. The molecule has 3 rings (SSSR count). The predicted molar refractivity (Wildman–Crippen MR) is 142 cm³/mol. The predicted octanol–water partition coefficient (Wildman–Crippen LogP) is 7.09. The van der Waals surface area contributed by atoms with Crippen LogP contribution in [-0.2, 0) is 0 Å². The van der Waals surface area contributed by atoms with Gasteiger partial charge in [0.15, 0.2) is 0 Å². The first kappa shape index (κ1) is 27.9. The lowest BCUT2D eigenvalue weighted by molar-refractivity contribution is -0.0914. The summed E-state index contributed by atoms with van der Waals surface area (Å²) in [6.45, 7) is 7.41. The average molecular weight is 538 g/mol. The van der Waals surface area contributed by atoms with E-state index in [0.717, 1.165) is 46.2 Å². The van der Waals surface area contributed by atoms with E-state index in [0.29, 0.717) is 17.6 Å². The topological polar surface area (TPSA) is 63.5 Å². The summed E-state index contributed by atoms with van der Waals surface area (Å²) in [5.74, 6) is 0.704. The lowest BCUT2D eigenvalue weighted by atomic mass is 10.0. The smallest absolute Gasteiger partial charge is 0.413 e. The molecule has 0 spiro atoms. The molecule has 0 saturated heterocycles. The molecule has 11 heteroatoms. The van der Waals surface area contributed by atoms with Gasteiger partial charge in [-0.05, 0) is 63.6 Å². The number of nitrogens with zero attached hydrogens (tertiary/aromatic N) is 5. The van der Waals surface area contributed by atoms with Crippen LogP contribution < -0.4 is 4.74 Å². The van der Waals surface area contributed by atoms with Crippen LogP contribution in [0.3, 0.4) is 0 Å². The van der Waals surface area contributed by atoms with Gasteiger partial charge in [0, 0.05) is 37.1 Å². The summed E-state index contributed by atoms with van der Waals surface area (Å²) in [7, 11) is 1.81. The van der Waals surface area contributed by atoms with Gasteiger partial charge >= 0.3 is 6.18 Å². The molecule has 194 valence electrons. The van der Waals surface area contributed by atoms with Crippen LogP contribution in [0.4, 0.5) is 13.2 Å². The summed E-state index contributed by atoms with van der Waals surface area (Å²) in [6.07, 6.45) is 0.980. The van der Waals surface area contributed by atoms with Gasteiger partial charge in [-0.1, -0.05) is 18.3 Å². The van der Waals surface area contributed by atoms with Crippen molar-refractivity contribution in [3.63, 3.8) is 0 Å². The van der Waals surface area contributed by atoms with Gasteiger partial charge in [0.05, 0.1) is 10.7 Å². The number of thiazole rings is 1. The van der Waals surface area contributed by atoms with Crippen LogP contribution in [-0.4, -0.2) is 57.8 Å². The van der Waals surface area contributed by atoms with Gasteiger partial charge in [0.1, 0.15) is 22.3 Å². The second-order valence-electron chi connectivity index (χ2n) is 8.59. The number of thioether (sulfide) groups is 1. The Bertz CT molecular complexity index is 1220. The molecule has 6 nitrogen and oxygen atoms in total. The van der Waals surface area contributed by atoms with Crippen LogP contribution >= 0.6 is 23.1 Å². The zero-order valence-electron chi connectivity index (χ0n) is 21.1. The molecule has 1 unspecified atom stereocenters. The lowest BCUT2D eigenvalue weighted by Gasteiger charge is -2.24. The first-order valence-electron chi connectivity index (χ1n) is 11.4. The number of rotatable bonds is 9. The Balaban J connectivity index is 1.58. The minimum Gasteiger partial charge on any atom is -0.467 e. The van der Waals surface area contributed by atoms with Crippen LogP contribution in [0.15, 0.2) is 52.3 Å². The van der Waals surface area contributed by atoms with E-state index in [2.05, 4.69) is 21.9 Å². The summed E-state index contributed by atoms with van der Waals surface area (Å²) in [5, 5.41) is 1.52. The molecule has 2 atom stereocenters. The summed E-state index contributed by atoms with van der Waals surface area (Å²) in [5.41, 5.74) is 1.83. The molecular formula is C25H30F3N5OS2. The number of hydrogen-bond acceptors (Lipinski definition) is 7. The molecule has 3 aromatic heterocycles.